The Bertz CT molecular complexity index is 711. The van der Waals surface area contributed by atoms with Crippen molar-refractivity contribution in [2.24, 2.45) is 0 Å². The van der Waals surface area contributed by atoms with E-state index in [0.29, 0.717) is 0 Å². The molecule has 0 saturated carbocycles. The molecule has 2 aromatic carbocycles. The maximum absolute atomic E-state index is 4.03. The number of fused-ring (bicyclic) bond motifs is 1. The maximum atomic E-state index is 4.03. The maximum Gasteiger partial charge on any atom is 0.0346 e. The van der Waals surface area contributed by atoms with Crippen LogP contribution in [-0.2, 0) is 6.42 Å². The monoisotopic (exact) mass is 326 g/mol. The number of anilines is 1. The lowest BCUT2D eigenvalue weighted by molar-refractivity contribution is 1.01. The molecule has 0 fully saturated rings. The van der Waals surface area contributed by atoms with Gasteiger partial charge in [-0.05, 0) is 59.2 Å². The first-order valence-corrected chi connectivity index (χ1v) is 7.43. The lowest BCUT2D eigenvalue weighted by Gasteiger charge is -2.08. The fraction of sp³-hybridized carbons (Fsp3) is 0.118. The summed E-state index contributed by atoms with van der Waals surface area (Å²) in [6.07, 6.45) is 4.67. The predicted octanol–water partition coefficient (Wildman–Crippen LogP) is 4.65. The summed E-state index contributed by atoms with van der Waals surface area (Å²) in [6.45, 7) is 0.923. The molecule has 3 rings (SSSR count). The molecule has 0 unspecified atom stereocenters. The van der Waals surface area contributed by atoms with Crippen LogP contribution in [0.4, 0.5) is 5.69 Å². The van der Waals surface area contributed by atoms with Gasteiger partial charge in [0.15, 0.2) is 0 Å². The summed E-state index contributed by atoms with van der Waals surface area (Å²) >= 11 is 3.50. The van der Waals surface area contributed by atoms with Gasteiger partial charge in [-0.1, -0.05) is 28.1 Å². The highest BCUT2D eigenvalue weighted by Gasteiger charge is 1.98. The SMILES string of the molecule is Brc1ccc2cc(NCCc3ccncc3)ccc2c1. The number of aromatic nitrogens is 1. The van der Waals surface area contributed by atoms with Gasteiger partial charge in [0.25, 0.3) is 0 Å². The van der Waals surface area contributed by atoms with Crippen molar-refractivity contribution < 1.29 is 0 Å². The number of hydrogen-bond donors (Lipinski definition) is 1. The second-order valence-corrected chi connectivity index (χ2v) is 5.65. The van der Waals surface area contributed by atoms with Gasteiger partial charge < -0.3 is 5.32 Å². The molecular formula is C17H15BrN2. The van der Waals surface area contributed by atoms with Crippen molar-refractivity contribution in [2.75, 3.05) is 11.9 Å². The van der Waals surface area contributed by atoms with Gasteiger partial charge in [0.1, 0.15) is 0 Å². The van der Waals surface area contributed by atoms with Crippen LogP contribution in [0.3, 0.4) is 0 Å². The van der Waals surface area contributed by atoms with Crippen molar-refractivity contribution in [3.8, 4) is 0 Å². The lowest BCUT2D eigenvalue weighted by atomic mass is 10.1. The van der Waals surface area contributed by atoms with E-state index in [1.807, 2.05) is 12.4 Å². The summed E-state index contributed by atoms with van der Waals surface area (Å²) in [5, 5.41) is 5.97. The topological polar surface area (TPSA) is 24.9 Å². The van der Waals surface area contributed by atoms with Crippen LogP contribution in [-0.4, -0.2) is 11.5 Å². The first-order valence-electron chi connectivity index (χ1n) is 6.63. The number of pyridine rings is 1. The minimum absolute atomic E-state index is 0.923. The molecule has 1 N–H and O–H groups in total. The van der Waals surface area contributed by atoms with Crippen molar-refractivity contribution >= 4 is 32.4 Å². The summed E-state index contributed by atoms with van der Waals surface area (Å²) in [5.41, 5.74) is 2.46. The highest BCUT2D eigenvalue weighted by molar-refractivity contribution is 9.10. The van der Waals surface area contributed by atoms with Crippen molar-refractivity contribution in [3.05, 3.63) is 71.0 Å². The smallest absolute Gasteiger partial charge is 0.0346 e. The largest absolute Gasteiger partial charge is 0.385 e. The van der Waals surface area contributed by atoms with Crippen LogP contribution in [0.25, 0.3) is 10.8 Å². The Morgan fingerprint density at radius 2 is 1.65 bits per heavy atom. The molecule has 0 atom stereocenters. The molecule has 1 heterocycles. The van der Waals surface area contributed by atoms with E-state index in [1.165, 1.54) is 16.3 Å². The molecule has 0 spiro atoms. The van der Waals surface area contributed by atoms with Crippen LogP contribution in [0, 0.1) is 0 Å². The molecule has 3 aromatic rings. The first-order chi connectivity index (χ1) is 9.81. The van der Waals surface area contributed by atoms with E-state index < -0.39 is 0 Å². The van der Waals surface area contributed by atoms with Gasteiger partial charge in [-0.2, -0.15) is 0 Å². The van der Waals surface area contributed by atoms with Crippen LogP contribution in [0.15, 0.2) is 65.4 Å². The lowest BCUT2D eigenvalue weighted by Crippen LogP contribution is -2.04. The van der Waals surface area contributed by atoms with Gasteiger partial charge in [0.2, 0.25) is 0 Å². The molecule has 0 aliphatic heterocycles. The molecule has 20 heavy (non-hydrogen) atoms. The minimum atomic E-state index is 0.923. The summed E-state index contributed by atoms with van der Waals surface area (Å²) < 4.78 is 1.11. The predicted molar refractivity (Wildman–Crippen MR) is 88.1 cm³/mol. The van der Waals surface area contributed by atoms with E-state index in [9.17, 15) is 0 Å². The number of nitrogens with zero attached hydrogens (tertiary/aromatic N) is 1. The molecule has 0 aliphatic rings. The van der Waals surface area contributed by atoms with E-state index in [2.05, 4.69) is 74.8 Å². The fourth-order valence-corrected chi connectivity index (χ4v) is 2.61. The quantitative estimate of drug-likeness (QED) is 0.754. The highest BCUT2D eigenvalue weighted by Crippen LogP contribution is 2.22. The highest BCUT2D eigenvalue weighted by atomic mass is 79.9. The molecule has 100 valence electrons. The van der Waals surface area contributed by atoms with Gasteiger partial charge in [-0.15, -0.1) is 0 Å². The van der Waals surface area contributed by atoms with Crippen molar-refractivity contribution in [1.82, 2.24) is 4.98 Å². The number of rotatable bonds is 4. The Balaban J connectivity index is 1.67. The molecule has 0 bridgehead atoms. The zero-order valence-corrected chi connectivity index (χ0v) is 12.6. The van der Waals surface area contributed by atoms with Gasteiger partial charge >= 0.3 is 0 Å². The molecule has 0 amide bonds. The van der Waals surface area contributed by atoms with Crippen molar-refractivity contribution in [1.29, 1.82) is 0 Å². The molecule has 0 radical (unpaired) electrons. The molecule has 1 aromatic heterocycles. The standard InChI is InChI=1S/C17H15BrN2/c18-16-3-1-15-12-17(4-2-14(15)11-16)20-10-7-13-5-8-19-9-6-13/h1-6,8-9,11-12,20H,7,10H2. The van der Waals surface area contributed by atoms with Crippen molar-refractivity contribution in [2.45, 2.75) is 6.42 Å². The van der Waals surface area contributed by atoms with Crippen LogP contribution in [0.5, 0.6) is 0 Å². The Morgan fingerprint density at radius 3 is 2.50 bits per heavy atom. The first kappa shape index (κ1) is 13.1. The molecule has 3 heteroatoms. The van der Waals surface area contributed by atoms with Crippen LogP contribution >= 0.6 is 15.9 Å². The second kappa shape index (κ2) is 6.06. The zero-order valence-electron chi connectivity index (χ0n) is 11.0. The van der Waals surface area contributed by atoms with Crippen molar-refractivity contribution in [3.63, 3.8) is 0 Å². The van der Waals surface area contributed by atoms with Gasteiger partial charge in [-0.25, -0.2) is 0 Å². The molecule has 0 aliphatic carbocycles. The molecular weight excluding hydrogens is 312 g/mol. The van der Waals surface area contributed by atoms with E-state index in [-0.39, 0.29) is 0 Å². The third kappa shape index (κ3) is 3.17. The summed E-state index contributed by atoms with van der Waals surface area (Å²) in [4.78, 5) is 4.03. The van der Waals surface area contributed by atoms with Crippen LogP contribution in [0.2, 0.25) is 0 Å². The number of nitrogens with one attached hydrogen (secondary N) is 1. The zero-order chi connectivity index (χ0) is 13.8. The summed E-state index contributed by atoms with van der Waals surface area (Å²) in [7, 11) is 0. The third-order valence-electron chi connectivity index (χ3n) is 3.29. The molecule has 0 saturated heterocycles. The fourth-order valence-electron chi connectivity index (χ4n) is 2.23. The van der Waals surface area contributed by atoms with E-state index >= 15 is 0 Å². The van der Waals surface area contributed by atoms with E-state index in [4.69, 9.17) is 0 Å². The number of hydrogen-bond acceptors (Lipinski definition) is 2. The van der Waals surface area contributed by atoms with Crippen LogP contribution < -0.4 is 5.32 Å². The van der Waals surface area contributed by atoms with Gasteiger partial charge in [0.05, 0.1) is 0 Å². The summed E-state index contributed by atoms with van der Waals surface area (Å²) in [5.74, 6) is 0. The minimum Gasteiger partial charge on any atom is -0.385 e. The molecule has 2 nitrogen and oxygen atoms in total. The van der Waals surface area contributed by atoms with Gasteiger partial charge in [0, 0.05) is 29.1 Å². The van der Waals surface area contributed by atoms with E-state index in [1.54, 1.807) is 0 Å². The van der Waals surface area contributed by atoms with Gasteiger partial charge in [-0.3, -0.25) is 4.98 Å². The van der Waals surface area contributed by atoms with E-state index in [0.717, 1.165) is 23.1 Å². The third-order valence-corrected chi connectivity index (χ3v) is 3.79. The number of benzene rings is 2. The average Bonchev–Trinajstić information content (AvgIpc) is 2.48. The Labute approximate surface area is 127 Å². The summed E-state index contributed by atoms with van der Waals surface area (Å²) in [6, 6.07) is 16.9. The Kier molecular flexibility index (Phi) is 3.97. The Hall–Kier alpha value is -1.87. The normalized spacial score (nSPS) is 10.7. The second-order valence-electron chi connectivity index (χ2n) is 4.74. The number of halogens is 1. The average molecular weight is 327 g/mol. The Morgan fingerprint density at radius 1 is 0.900 bits per heavy atom. The van der Waals surface area contributed by atoms with Crippen LogP contribution in [0.1, 0.15) is 5.56 Å².